The lowest BCUT2D eigenvalue weighted by molar-refractivity contribution is -0.119. The van der Waals surface area contributed by atoms with Crippen molar-refractivity contribution >= 4 is 50.5 Å². The molecule has 0 bridgehead atoms. The number of amides is 1. The third kappa shape index (κ3) is 5.98. The van der Waals surface area contributed by atoms with Crippen LogP contribution in [0.1, 0.15) is 18.1 Å². The number of hydrogen-bond donors (Lipinski definition) is 2. The van der Waals surface area contributed by atoms with E-state index >= 15 is 0 Å². The molecule has 0 unspecified atom stereocenters. The fourth-order valence-corrected chi connectivity index (χ4v) is 5.16. The van der Waals surface area contributed by atoms with Gasteiger partial charge in [-0.15, -0.1) is 17.8 Å². The molecule has 0 radical (unpaired) electrons. The number of hydrogen-bond acceptors (Lipinski definition) is 6. The highest BCUT2D eigenvalue weighted by Crippen LogP contribution is 2.39. The van der Waals surface area contributed by atoms with Gasteiger partial charge < -0.3 is 19.9 Å². The maximum Gasteiger partial charge on any atom is 0.230 e. The van der Waals surface area contributed by atoms with Crippen molar-refractivity contribution in [2.45, 2.75) is 19.9 Å². The van der Waals surface area contributed by atoms with Gasteiger partial charge in [0, 0.05) is 42.3 Å². The van der Waals surface area contributed by atoms with Gasteiger partial charge in [-0.25, -0.2) is 13.8 Å². The molecule has 2 N–H and O–H groups in total. The highest BCUT2D eigenvalue weighted by Gasteiger charge is 2.15. The Morgan fingerprint density at radius 1 is 1.15 bits per heavy atom. The molecule has 3 aromatic heterocycles. The molecular weight excluding hydrogens is 552 g/mol. The third-order valence-electron chi connectivity index (χ3n) is 5.87. The van der Waals surface area contributed by atoms with E-state index in [-0.39, 0.29) is 22.8 Å². The van der Waals surface area contributed by atoms with Crippen molar-refractivity contribution in [3.8, 4) is 34.4 Å². The minimum atomic E-state index is -0.632. The van der Waals surface area contributed by atoms with Crippen LogP contribution in [0.4, 0.5) is 14.5 Å². The van der Waals surface area contributed by atoms with E-state index in [0.29, 0.717) is 17.0 Å². The number of imidazole rings is 1. The maximum absolute atomic E-state index is 15.0. The lowest BCUT2D eigenvalue weighted by Gasteiger charge is -2.12. The molecule has 3 heterocycles. The number of carbonyl (C=O) groups excluding carboxylic acids is 1. The molecule has 0 aliphatic rings. The quantitative estimate of drug-likeness (QED) is 0.176. The first-order valence-electron chi connectivity index (χ1n) is 12.1. The average Bonchev–Trinajstić information content (AvgIpc) is 3.59. The number of terminal acetylenes is 1. The topological polar surface area (TPSA) is 81.1 Å². The lowest BCUT2D eigenvalue weighted by atomic mass is 10.0. The van der Waals surface area contributed by atoms with Gasteiger partial charge in [-0.05, 0) is 55.0 Å². The second kappa shape index (κ2) is 11.6. The number of carbonyl (C=O) groups is 1. The number of anilines is 1. The van der Waals surface area contributed by atoms with Crippen molar-refractivity contribution < 1.29 is 18.3 Å². The van der Waals surface area contributed by atoms with E-state index in [4.69, 9.17) is 23.4 Å². The number of rotatable bonds is 7. The number of thiocarbonyl (C=S) groups is 1. The molecule has 11 heteroatoms. The zero-order valence-electron chi connectivity index (χ0n) is 21.1. The molecule has 0 spiro atoms. The molecule has 5 rings (SSSR count). The number of aromatic nitrogens is 3. The molecule has 200 valence electrons. The molecule has 0 aliphatic heterocycles. The second-order valence-corrected chi connectivity index (χ2v) is 10.1. The Hall–Kier alpha value is -4.66. The first-order valence-corrected chi connectivity index (χ1v) is 13.3. The fourth-order valence-electron chi connectivity index (χ4n) is 3.90. The van der Waals surface area contributed by atoms with E-state index in [1.165, 1.54) is 41.7 Å². The molecule has 2 aromatic carbocycles. The first kappa shape index (κ1) is 26.9. The Labute approximate surface area is 237 Å². The summed E-state index contributed by atoms with van der Waals surface area (Å²) >= 11 is 6.65. The highest BCUT2D eigenvalue weighted by atomic mass is 32.1. The third-order valence-corrected chi connectivity index (χ3v) is 7.23. The van der Waals surface area contributed by atoms with Crippen LogP contribution in [-0.2, 0) is 17.8 Å². The van der Waals surface area contributed by atoms with E-state index < -0.39 is 17.5 Å². The number of pyridine rings is 1. The number of nitrogens with one attached hydrogen (secondary N) is 2. The summed E-state index contributed by atoms with van der Waals surface area (Å²) < 4.78 is 37.0. The molecule has 7 nitrogen and oxygen atoms in total. The molecule has 1 amide bonds. The normalized spacial score (nSPS) is 10.8. The van der Waals surface area contributed by atoms with Gasteiger partial charge in [0.1, 0.15) is 11.6 Å². The van der Waals surface area contributed by atoms with E-state index in [0.717, 1.165) is 27.3 Å². The predicted molar refractivity (Wildman–Crippen MR) is 155 cm³/mol. The van der Waals surface area contributed by atoms with Gasteiger partial charge in [-0.2, -0.15) is 0 Å². The van der Waals surface area contributed by atoms with Gasteiger partial charge in [-0.3, -0.25) is 9.78 Å². The summed E-state index contributed by atoms with van der Waals surface area (Å²) in [6, 6.07) is 11.7. The van der Waals surface area contributed by atoms with Crippen LogP contribution in [-0.4, -0.2) is 25.6 Å². The summed E-state index contributed by atoms with van der Waals surface area (Å²) in [5.41, 5.74) is 2.62. The Morgan fingerprint density at radius 3 is 2.75 bits per heavy atom. The van der Waals surface area contributed by atoms with E-state index in [9.17, 15) is 13.6 Å². The maximum atomic E-state index is 15.0. The van der Waals surface area contributed by atoms with Crippen LogP contribution in [0.3, 0.4) is 0 Å². The summed E-state index contributed by atoms with van der Waals surface area (Å²) in [5, 5.41) is 5.25. The minimum Gasteiger partial charge on any atom is -0.453 e. The average molecular weight is 574 g/mol. The van der Waals surface area contributed by atoms with Crippen LogP contribution in [0, 0.1) is 24.0 Å². The zero-order valence-corrected chi connectivity index (χ0v) is 22.7. The summed E-state index contributed by atoms with van der Waals surface area (Å²) in [4.78, 5) is 22.2. The summed E-state index contributed by atoms with van der Waals surface area (Å²) in [5.74, 6) is 1.25. The van der Waals surface area contributed by atoms with E-state index in [2.05, 4.69) is 26.5 Å². The zero-order chi connectivity index (χ0) is 28.2. The van der Waals surface area contributed by atoms with Crippen molar-refractivity contribution in [2.75, 3.05) is 5.32 Å². The Morgan fingerprint density at radius 2 is 2.00 bits per heavy atom. The summed E-state index contributed by atoms with van der Waals surface area (Å²) in [7, 11) is 0. The van der Waals surface area contributed by atoms with Gasteiger partial charge in [0.25, 0.3) is 0 Å². The second-order valence-electron chi connectivity index (χ2n) is 8.60. The Kier molecular flexibility index (Phi) is 7.82. The molecule has 0 fully saturated rings. The van der Waals surface area contributed by atoms with Gasteiger partial charge in [0.05, 0.1) is 33.5 Å². The van der Waals surface area contributed by atoms with E-state index in [1.807, 2.05) is 23.8 Å². The monoisotopic (exact) mass is 573 g/mol. The largest absolute Gasteiger partial charge is 0.453 e. The van der Waals surface area contributed by atoms with Gasteiger partial charge in [-0.1, -0.05) is 12.0 Å². The molecular formula is C29H21F2N5O2S2. The standard InChI is InChI=1S/C29H21F2N5O2S2/c1-3-17-11-19(30)6-5-18(17)12-27(37)35-29(39)34-20-7-8-24(21(31)13-20)38-25-9-10-32-22-14-26(40-28(22)25)23-15-36(4-2)16-33-23/h1,5-11,13-16H,4,12H2,2H3,(H2,34,35,37,39). The van der Waals surface area contributed by atoms with Crippen LogP contribution in [0.15, 0.2) is 67.3 Å². The van der Waals surface area contributed by atoms with Crippen molar-refractivity contribution in [2.24, 2.45) is 0 Å². The number of fused-ring (bicyclic) bond motifs is 1. The molecule has 0 atom stereocenters. The van der Waals surface area contributed by atoms with Crippen molar-refractivity contribution in [3.63, 3.8) is 0 Å². The van der Waals surface area contributed by atoms with E-state index in [1.54, 1.807) is 24.7 Å². The van der Waals surface area contributed by atoms with Crippen molar-refractivity contribution in [1.29, 1.82) is 0 Å². The number of nitrogens with zero attached hydrogens (tertiary/aromatic N) is 3. The summed E-state index contributed by atoms with van der Waals surface area (Å²) in [6.07, 6.45) is 10.6. The molecule has 0 saturated carbocycles. The van der Waals surface area contributed by atoms with Crippen molar-refractivity contribution in [1.82, 2.24) is 19.9 Å². The SMILES string of the molecule is C#Cc1cc(F)ccc1CC(=O)NC(=S)Nc1ccc(Oc2ccnc3cc(-c4cn(CC)cn4)sc23)c(F)c1. The van der Waals surface area contributed by atoms with Crippen LogP contribution < -0.4 is 15.4 Å². The fraction of sp³-hybridized carbons (Fsp3) is 0.103. The number of thiophene rings is 1. The van der Waals surface area contributed by atoms with Crippen LogP contribution in [0.2, 0.25) is 0 Å². The molecule has 5 aromatic rings. The number of aryl methyl sites for hydroxylation is 1. The van der Waals surface area contributed by atoms with Crippen molar-refractivity contribution in [3.05, 3.63) is 90.0 Å². The molecule has 0 aliphatic carbocycles. The molecule has 0 saturated heterocycles. The van der Waals surface area contributed by atoms with Gasteiger partial charge in [0.2, 0.25) is 5.91 Å². The molecule has 40 heavy (non-hydrogen) atoms. The Balaban J connectivity index is 1.25. The van der Waals surface area contributed by atoms with Crippen LogP contribution in [0.5, 0.6) is 11.5 Å². The minimum absolute atomic E-state index is 0.0105. The van der Waals surface area contributed by atoms with Crippen LogP contribution in [0.25, 0.3) is 20.8 Å². The summed E-state index contributed by atoms with van der Waals surface area (Å²) in [6.45, 7) is 2.85. The lowest BCUT2D eigenvalue weighted by Crippen LogP contribution is -2.35. The van der Waals surface area contributed by atoms with Gasteiger partial charge >= 0.3 is 0 Å². The van der Waals surface area contributed by atoms with Crippen LogP contribution >= 0.6 is 23.6 Å². The predicted octanol–water partition coefficient (Wildman–Crippen LogP) is 6.29. The number of ether oxygens (including phenoxy) is 1. The number of benzene rings is 2. The Bertz CT molecular complexity index is 1790. The highest BCUT2D eigenvalue weighted by molar-refractivity contribution is 7.80. The number of halogens is 2. The first-order chi connectivity index (χ1) is 19.3. The van der Waals surface area contributed by atoms with Gasteiger partial charge in [0.15, 0.2) is 16.7 Å². The smallest absolute Gasteiger partial charge is 0.230 e.